The zero-order valence-electron chi connectivity index (χ0n) is 13.6. The van der Waals surface area contributed by atoms with Gasteiger partial charge in [-0.3, -0.25) is 0 Å². The lowest BCUT2D eigenvalue weighted by atomic mass is 10.2. The van der Waals surface area contributed by atoms with Crippen molar-refractivity contribution in [2.75, 3.05) is 46.3 Å². The van der Waals surface area contributed by atoms with E-state index in [1.807, 2.05) is 31.2 Å². The van der Waals surface area contributed by atoms with Gasteiger partial charge in [0.15, 0.2) is 0 Å². The molecule has 0 aliphatic carbocycles. The van der Waals surface area contributed by atoms with Gasteiger partial charge in [0.05, 0.1) is 5.75 Å². The summed E-state index contributed by atoms with van der Waals surface area (Å²) in [6.07, 6.45) is 0.858. The van der Waals surface area contributed by atoms with E-state index in [4.69, 9.17) is 0 Å². The summed E-state index contributed by atoms with van der Waals surface area (Å²) in [5.74, 6) is 0.0587. The van der Waals surface area contributed by atoms with Crippen molar-refractivity contribution >= 4 is 10.0 Å². The van der Waals surface area contributed by atoms with E-state index in [1.54, 1.807) is 0 Å². The van der Waals surface area contributed by atoms with Gasteiger partial charge in [0.25, 0.3) is 0 Å². The van der Waals surface area contributed by atoms with E-state index in [1.165, 1.54) is 0 Å². The lowest BCUT2D eigenvalue weighted by Crippen LogP contribution is -2.45. The van der Waals surface area contributed by atoms with Gasteiger partial charge in [-0.25, -0.2) is 13.1 Å². The van der Waals surface area contributed by atoms with Crippen LogP contribution in [0.15, 0.2) is 24.3 Å². The maximum atomic E-state index is 12.1. The van der Waals surface area contributed by atoms with E-state index >= 15 is 0 Å². The van der Waals surface area contributed by atoms with Crippen LogP contribution in [0.2, 0.25) is 0 Å². The molecule has 1 heterocycles. The second-order valence-corrected chi connectivity index (χ2v) is 7.95. The Labute approximate surface area is 134 Å². The lowest BCUT2D eigenvalue weighted by molar-refractivity contribution is 0.153. The van der Waals surface area contributed by atoms with E-state index < -0.39 is 10.0 Å². The third-order valence-electron chi connectivity index (χ3n) is 4.01. The first-order chi connectivity index (χ1) is 10.4. The van der Waals surface area contributed by atoms with Crippen LogP contribution in [0.1, 0.15) is 17.5 Å². The predicted molar refractivity (Wildman–Crippen MR) is 90.4 cm³/mol. The summed E-state index contributed by atoms with van der Waals surface area (Å²) in [5, 5.41) is 0. The van der Waals surface area contributed by atoms with E-state index in [0.29, 0.717) is 6.54 Å². The molecule has 1 aromatic carbocycles. The lowest BCUT2D eigenvalue weighted by Gasteiger charge is -2.32. The summed E-state index contributed by atoms with van der Waals surface area (Å²) in [7, 11) is -1.10. The van der Waals surface area contributed by atoms with Gasteiger partial charge in [-0.05, 0) is 32.5 Å². The van der Waals surface area contributed by atoms with Crippen molar-refractivity contribution in [3.05, 3.63) is 35.4 Å². The van der Waals surface area contributed by atoms with Crippen molar-refractivity contribution in [3.8, 4) is 0 Å². The molecular weight excluding hydrogens is 298 g/mol. The van der Waals surface area contributed by atoms with Gasteiger partial charge in [0.1, 0.15) is 0 Å². The van der Waals surface area contributed by atoms with E-state index in [9.17, 15) is 8.42 Å². The molecule has 22 heavy (non-hydrogen) atoms. The Hall–Kier alpha value is -0.950. The molecular formula is C16H27N3O2S. The second-order valence-electron chi connectivity index (χ2n) is 6.14. The van der Waals surface area contributed by atoms with Crippen molar-refractivity contribution < 1.29 is 8.42 Å². The minimum atomic E-state index is -3.24. The number of hydrogen-bond donors (Lipinski definition) is 1. The average Bonchev–Trinajstić information content (AvgIpc) is 2.45. The number of aryl methyl sites for hydroxylation is 1. The number of hydrogen-bond acceptors (Lipinski definition) is 4. The zero-order valence-corrected chi connectivity index (χ0v) is 14.4. The molecule has 6 heteroatoms. The molecule has 2 rings (SSSR count). The quantitative estimate of drug-likeness (QED) is 0.762. The number of benzene rings is 1. The van der Waals surface area contributed by atoms with Gasteiger partial charge in [-0.1, -0.05) is 29.8 Å². The average molecular weight is 325 g/mol. The molecule has 1 fully saturated rings. The first kappa shape index (κ1) is 17.4. The third kappa shape index (κ3) is 6.04. The highest BCUT2D eigenvalue weighted by Gasteiger charge is 2.14. The molecule has 0 atom stereocenters. The van der Waals surface area contributed by atoms with Crippen molar-refractivity contribution in [1.29, 1.82) is 0 Å². The number of likely N-dealkylation sites (N-methyl/N-ethyl adjacent to an activating group) is 1. The SMILES string of the molecule is Cc1cccc(CS(=O)(=O)NCCCN2CCN(C)CC2)c1. The van der Waals surface area contributed by atoms with E-state index in [0.717, 1.165) is 50.3 Å². The molecule has 124 valence electrons. The van der Waals surface area contributed by atoms with Gasteiger partial charge in [-0.15, -0.1) is 0 Å². The minimum Gasteiger partial charge on any atom is -0.304 e. The first-order valence-electron chi connectivity index (χ1n) is 7.88. The Morgan fingerprint density at radius 1 is 1.18 bits per heavy atom. The molecule has 0 unspecified atom stereocenters. The fourth-order valence-corrected chi connectivity index (χ4v) is 3.85. The highest BCUT2D eigenvalue weighted by atomic mass is 32.2. The molecule has 0 bridgehead atoms. The van der Waals surface area contributed by atoms with Crippen LogP contribution in [0, 0.1) is 6.92 Å². The second kappa shape index (κ2) is 8.06. The van der Waals surface area contributed by atoms with Crippen LogP contribution in [0.4, 0.5) is 0 Å². The Bertz CT molecular complexity index is 567. The van der Waals surface area contributed by atoms with Gasteiger partial charge in [0.2, 0.25) is 10.0 Å². The van der Waals surface area contributed by atoms with Gasteiger partial charge in [0, 0.05) is 32.7 Å². The normalized spacial score (nSPS) is 17.7. The van der Waals surface area contributed by atoms with Crippen molar-refractivity contribution in [2.24, 2.45) is 0 Å². The highest BCUT2D eigenvalue weighted by Crippen LogP contribution is 2.07. The molecule has 0 saturated carbocycles. The smallest absolute Gasteiger partial charge is 0.215 e. The van der Waals surface area contributed by atoms with Crippen LogP contribution in [0.3, 0.4) is 0 Å². The molecule has 1 aliphatic heterocycles. The number of rotatable bonds is 7. The maximum Gasteiger partial charge on any atom is 0.215 e. The highest BCUT2D eigenvalue weighted by molar-refractivity contribution is 7.88. The van der Waals surface area contributed by atoms with Crippen molar-refractivity contribution in [2.45, 2.75) is 19.1 Å². The molecule has 0 aromatic heterocycles. The standard InChI is InChI=1S/C16H27N3O2S/c1-15-5-3-6-16(13-15)14-22(20,21)17-7-4-8-19-11-9-18(2)10-12-19/h3,5-6,13,17H,4,7-12,14H2,1-2H3. The summed E-state index contributed by atoms with van der Waals surface area (Å²) in [6.45, 7) is 7.79. The molecule has 1 aromatic rings. The monoisotopic (exact) mass is 325 g/mol. The summed E-state index contributed by atoms with van der Waals surface area (Å²) >= 11 is 0. The Balaban J connectivity index is 1.69. The molecule has 1 aliphatic rings. The first-order valence-corrected chi connectivity index (χ1v) is 9.54. The van der Waals surface area contributed by atoms with Crippen LogP contribution in [0.5, 0.6) is 0 Å². The predicted octanol–water partition coefficient (Wildman–Crippen LogP) is 1.05. The number of sulfonamides is 1. The Morgan fingerprint density at radius 3 is 2.59 bits per heavy atom. The molecule has 1 saturated heterocycles. The van der Waals surface area contributed by atoms with Crippen molar-refractivity contribution in [1.82, 2.24) is 14.5 Å². The summed E-state index contributed by atoms with van der Waals surface area (Å²) in [4.78, 5) is 4.72. The van der Waals surface area contributed by atoms with Crippen LogP contribution in [0.25, 0.3) is 0 Å². The number of nitrogens with zero attached hydrogens (tertiary/aromatic N) is 2. The summed E-state index contributed by atoms with van der Waals surface area (Å²) < 4.78 is 26.9. The largest absolute Gasteiger partial charge is 0.304 e. The summed E-state index contributed by atoms with van der Waals surface area (Å²) in [6, 6.07) is 7.65. The number of piperazine rings is 1. The Morgan fingerprint density at radius 2 is 1.91 bits per heavy atom. The minimum absolute atomic E-state index is 0.0587. The fraction of sp³-hybridized carbons (Fsp3) is 0.625. The van der Waals surface area contributed by atoms with Crippen LogP contribution in [-0.2, 0) is 15.8 Å². The topological polar surface area (TPSA) is 52.7 Å². The van der Waals surface area contributed by atoms with Crippen molar-refractivity contribution in [3.63, 3.8) is 0 Å². The zero-order chi connectivity index (χ0) is 16.0. The molecule has 1 N–H and O–H groups in total. The van der Waals surface area contributed by atoms with Gasteiger partial charge < -0.3 is 9.80 Å². The van der Waals surface area contributed by atoms with Crippen LogP contribution >= 0.6 is 0 Å². The molecule has 5 nitrogen and oxygen atoms in total. The Kier molecular flexibility index (Phi) is 6.37. The van der Waals surface area contributed by atoms with Gasteiger partial charge in [-0.2, -0.15) is 0 Å². The van der Waals surface area contributed by atoms with Crippen LogP contribution in [-0.4, -0.2) is 64.5 Å². The van der Waals surface area contributed by atoms with Gasteiger partial charge >= 0.3 is 0 Å². The third-order valence-corrected chi connectivity index (χ3v) is 5.37. The van der Waals surface area contributed by atoms with E-state index in [-0.39, 0.29) is 5.75 Å². The molecule has 0 spiro atoms. The van der Waals surface area contributed by atoms with Crippen LogP contribution < -0.4 is 4.72 Å². The molecule has 0 amide bonds. The van der Waals surface area contributed by atoms with E-state index in [2.05, 4.69) is 21.6 Å². The molecule has 0 radical (unpaired) electrons. The fourth-order valence-electron chi connectivity index (χ4n) is 2.67. The number of nitrogens with one attached hydrogen (secondary N) is 1. The summed E-state index contributed by atoms with van der Waals surface area (Å²) in [5.41, 5.74) is 1.93. The maximum absolute atomic E-state index is 12.1.